The zero-order valence-electron chi connectivity index (χ0n) is 20.6. The third kappa shape index (κ3) is 4.98. The number of aryl methyl sites for hydroxylation is 2. The molecule has 5 rings (SSSR count). The molecule has 1 saturated heterocycles. The summed E-state index contributed by atoms with van der Waals surface area (Å²) in [5, 5.41) is 0. The average molecular weight is 485 g/mol. The molecule has 1 fully saturated rings. The highest BCUT2D eigenvalue weighted by Crippen LogP contribution is 2.25. The third-order valence-corrected chi connectivity index (χ3v) is 6.68. The largest absolute Gasteiger partial charge is 0.339 e. The number of aromatic nitrogens is 4. The number of hydrogen-bond donors (Lipinski definition) is 0. The molecule has 0 radical (unpaired) electrons. The van der Waals surface area contributed by atoms with Crippen molar-refractivity contribution in [1.29, 1.82) is 0 Å². The van der Waals surface area contributed by atoms with E-state index < -0.39 is 0 Å². The van der Waals surface area contributed by atoms with Crippen molar-refractivity contribution >= 4 is 11.9 Å². The number of carbonyl (C=O) groups excluding carboxylic acids is 1. The van der Waals surface area contributed by atoms with Crippen LogP contribution in [0.1, 0.15) is 23.9 Å². The van der Waals surface area contributed by atoms with E-state index in [4.69, 9.17) is 4.98 Å². The Morgan fingerprint density at radius 2 is 1.72 bits per heavy atom. The summed E-state index contributed by atoms with van der Waals surface area (Å²) in [5.41, 5.74) is 5.07. The van der Waals surface area contributed by atoms with Gasteiger partial charge in [0.1, 0.15) is 11.6 Å². The van der Waals surface area contributed by atoms with Crippen LogP contribution in [0.15, 0.2) is 67.1 Å². The van der Waals surface area contributed by atoms with Crippen molar-refractivity contribution in [1.82, 2.24) is 24.4 Å². The molecular formula is C28H29FN6O. The zero-order chi connectivity index (χ0) is 25.1. The second kappa shape index (κ2) is 10.3. The van der Waals surface area contributed by atoms with Crippen molar-refractivity contribution in [2.24, 2.45) is 0 Å². The first-order valence-electron chi connectivity index (χ1n) is 12.3. The molecule has 184 valence electrons. The van der Waals surface area contributed by atoms with Gasteiger partial charge in [0, 0.05) is 56.0 Å². The normalized spacial score (nSPS) is 13.8. The molecule has 0 unspecified atom stereocenters. The number of hydrogen-bond acceptors (Lipinski definition) is 5. The van der Waals surface area contributed by atoms with Gasteiger partial charge < -0.3 is 14.4 Å². The van der Waals surface area contributed by atoms with Gasteiger partial charge in [-0.15, -0.1) is 0 Å². The molecule has 8 heteroatoms. The number of halogens is 1. The summed E-state index contributed by atoms with van der Waals surface area (Å²) >= 11 is 0. The van der Waals surface area contributed by atoms with Crippen LogP contribution in [0.2, 0.25) is 0 Å². The molecule has 2 aromatic heterocycles. The number of amides is 1. The lowest BCUT2D eigenvalue weighted by Gasteiger charge is -2.34. The van der Waals surface area contributed by atoms with Crippen LogP contribution in [0.4, 0.5) is 10.3 Å². The molecule has 0 spiro atoms. The Morgan fingerprint density at radius 1 is 1.00 bits per heavy atom. The molecule has 0 bridgehead atoms. The van der Waals surface area contributed by atoms with Gasteiger partial charge in [-0.2, -0.15) is 0 Å². The molecule has 4 aromatic rings. The highest BCUT2D eigenvalue weighted by molar-refractivity contribution is 5.79. The van der Waals surface area contributed by atoms with Crippen LogP contribution in [-0.2, 0) is 17.6 Å². The highest BCUT2D eigenvalue weighted by atomic mass is 19.1. The maximum atomic E-state index is 13.6. The van der Waals surface area contributed by atoms with Gasteiger partial charge in [-0.1, -0.05) is 19.1 Å². The molecule has 1 aliphatic heterocycles. The number of benzene rings is 2. The van der Waals surface area contributed by atoms with E-state index in [9.17, 15) is 9.18 Å². The van der Waals surface area contributed by atoms with E-state index in [0.29, 0.717) is 38.0 Å². The maximum absolute atomic E-state index is 13.6. The third-order valence-electron chi connectivity index (χ3n) is 6.68. The molecule has 0 atom stereocenters. The lowest BCUT2D eigenvalue weighted by Crippen LogP contribution is -2.49. The summed E-state index contributed by atoms with van der Waals surface area (Å²) in [5.74, 6) is 1.03. The van der Waals surface area contributed by atoms with Gasteiger partial charge in [0.15, 0.2) is 0 Å². The fraction of sp³-hybridized carbons (Fsp3) is 0.286. The van der Waals surface area contributed by atoms with E-state index in [0.717, 1.165) is 23.4 Å². The van der Waals surface area contributed by atoms with Crippen molar-refractivity contribution in [3.05, 3.63) is 89.9 Å². The van der Waals surface area contributed by atoms with Gasteiger partial charge in [0.2, 0.25) is 11.9 Å². The first-order valence-corrected chi connectivity index (χ1v) is 12.3. The van der Waals surface area contributed by atoms with E-state index >= 15 is 0 Å². The summed E-state index contributed by atoms with van der Waals surface area (Å²) in [7, 11) is 0. The number of imidazole rings is 1. The fourth-order valence-corrected chi connectivity index (χ4v) is 4.62. The molecule has 2 aromatic carbocycles. The van der Waals surface area contributed by atoms with Gasteiger partial charge in [-0.05, 0) is 60.9 Å². The molecule has 3 heterocycles. The van der Waals surface area contributed by atoms with Crippen LogP contribution in [0.3, 0.4) is 0 Å². The monoisotopic (exact) mass is 484 g/mol. The minimum atomic E-state index is -0.303. The number of anilines is 1. The van der Waals surface area contributed by atoms with Gasteiger partial charge in [0.25, 0.3) is 0 Å². The van der Waals surface area contributed by atoms with Gasteiger partial charge in [-0.3, -0.25) is 4.79 Å². The lowest BCUT2D eigenvalue weighted by molar-refractivity contribution is -0.130. The summed E-state index contributed by atoms with van der Waals surface area (Å²) in [6.45, 7) is 6.79. The van der Waals surface area contributed by atoms with Crippen LogP contribution >= 0.6 is 0 Å². The molecule has 1 amide bonds. The molecule has 7 nitrogen and oxygen atoms in total. The number of piperazine rings is 1. The SMILES string of the molecule is CCc1ccc(-c2cn(-c3ccc(F)cc3)c(CC(=O)N3CCN(c4ncccn4)CC3)n2)cc1C. The number of nitrogens with zero attached hydrogens (tertiary/aromatic N) is 6. The van der Waals surface area contributed by atoms with Crippen LogP contribution in [0.25, 0.3) is 16.9 Å². The Balaban J connectivity index is 1.38. The van der Waals surface area contributed by atoms with E-state index in [1.807, 2.05) is 15.7 Å². The Morgan fingerprint density at radius 3 is 2.39 bits per heavy atom. The quantitative estimate of drug-likeness (QED) is 0.410. The van der Waals surface area contributed by atoms with Gasteiger partial charge >= 0.3 is 0 Å². The van der Waals surface area contributed by atoms with Crippen molar-refractivity contribution in [3.63, 3.8) is 0 Å². The van der Waals surface area contributed by atoms with Crippen molar-refractivity contribution < 1.29 is 9.18 Å². The predicted molar refractivity (Wildman–Crippen MR) is 138 cm³/mol. The summed E-state index contributed by atoms with van der Waals surface area (Å²) in [4.78, 5) is 30.7. The van der Waals surface area contributed by atoms with E-state index in [-0.39, 0.29) is 18.1 Å². The van der Waals surface area contributed by atoms with E-state index in [1.165, 1.54) is 23.3 Å². The maximum Gasteiger partial charge on any atom is 0.230 e. The van der Waals surface area contributed by atoms with Crippen molar-refractivity contribution in [3.8, 4) is 16.9 Å². The predicted octanol–water partition coefficient (Wildman–Crippen LogP) is 4.23. The van der Waals surface area contributed by atoms with Crippen LogP contribution in [0, 0.1) is 12.7 Å². The number of rotatable bonds is 6. The lowest BCUT2D eigenvalue weighted by atomic mass is 10.0. The molecule has 0 saturated carbocycles. The Bertz CT molecular complexity index is 1340. The number of carbonyl (C=O) groups is 1. The minimum Gasteiger partial charge on any atom is -0.339 e. The van der Waals surface area contributed by atoms with Crippen molar-refractivity contribution in [2.75, 3.05) is 31.1 Å². The standard InChI is InChI=1S/C28H29FN6O/c1-3-21-5-6-22(17-20(21)2)25-19-35(24-9-7-23(29)8-10-24)26(32-25)18-27(36)33-13-15-34(16-14-33)28-30-11-4-12-31-28/h4-12,17,19H,3,13-16,18H2,1-2H3. The second-order valence-electron chi connectivity index (χ2n) is 8.98. The molecule has 0 aliphatic carbocycles. The summed E-state index contributed by atoms with van der Waals surface area (Å²) < 4.78 is 15.5. The average Bonchev–Trinajstić information content (AvgIpc) is 3.33. The first-order chi connectivity index (χ1) is 17.5. The van der Waals surface area contributed by atoms with Crippen LogP contribution in [-0.4, -0.2) is 56.5 Å². The Kier molecular flexibility index (Phi) is 6.75. The Hall–Kier alpha value is -4.07. The topological polar surface area (TPSA) is 67.2 Å². The summed E-state index contributed by atoms with van der Waals surface area (Å²) in [6.07, 6.45) is 6.51. The molecule has 36 heavy (non-hydrogen) atoms. The van der Waals surface area contributed by atoms with E-state index in [1.54, 1.807) is 30.6 Å². The first kappa shape index (κ1) is 23.7. The van der Waals surface area contributed by atoms with Gasteiger partial charge in [0.05, 0.1) is 12.1 Å². The van der Waals surface area contributed by atoms with E-state index in [2.05, 4.69) is 46.9 Å². The molecule has 1 aliphatic rings. The summed E-state index contributed by atoms with van der Waals surface area (Å²) in [6, 6.07) is 14.4. The van der Waals surface area contributed by atoms with Crippen LogP contribution in [0.5, 0.6) is 0 Å². The van der Waals surface area contributed by atoms with Crippen LogP contribution < -0.4 is 4.90 Å². The highest BCUT2D eigenvalue weighted by Gasteiger charge is 2.24. The van der Waals surface area contributed by atoms with Crippen molar-refractivity contribution in [2.45, 2.75) is 26.7 Å². The second-order valence-corrected chi connectivity index (χ2v) is 8.98. The zero-order valence-corrected chi connectivity index (χ0v) is 20.6. The van der Waals surface area contributed by atoms with Gasteiger partial charge in [-0.25, -0.2) is 19.3 Å². The molecule has 0 N–H and O–H groups in total. The molecular weight excluding hydrogens is 455 g/mol. The Labute approximate surface area is 210 Å². The minimum absolute atomic E-state index is 0.0154. The smallest absolute Gasteiger partial charge is 0.230 e. The fourth-order valence-electron chi connectivity index (χ4n) is 4.62.